The van der Waals surface area contributed by atoms with Crippen LogP contribution < -0.4 is 4.74 Å². The molecule has 0 amide bonds. The van der Waals surface area contributed by atoms with Gasteiger partial charge in [-0.25, -0.2) is 8.78 Å². The van der Waals surface area contributed by atoms with E-state index in [-0.39, 0.29) is 11.8 Å². The van der Waals surface area contributed by atoms with Gasteiger partial charge in [-0.05, 0) is 49.0 Å². The molecule has 0 spiro atoms. The third-order valence-electron chi connectivity index (χ3n) is 3.88. The fraction of sp³-hybridized carbons (Fsp3) is 0.167. The Balaban J connectivity index is 1.49. The van der Waals surface area contributed by atoms with Crippen molar-refractivity contribution in [1.29, 1.82) is 0 Å². The number of rotatable bonds is 5. The Morgan fingerprint density at radius 2 is 2.07 bits per heavy atom. The molecule has 0 unspecified atom stereocenters. The average Bonchev–Trinajstić information content (AvgIpc) is 3.30. The van der Waals surface area contributed by atoms with Crippen LogP contribution in [-0.4, -0.2) is 20.6 Å². The van der Waals surface area contributed by atoms with Gasteiger partial charge < -0.3 is 9.15 Å². The Hall–Kier alpha value is -2.36. The lowest BCUT2D eigenvalue weighted by Gasteiger charge is -2.13. The van der Waals surface area contributed by atoms with Crippen molar-refractivity contribution in [1.82, 2.24) is 14.9 Å². The second kappa shape index (κ2) is 8.17. The van der Waals surface area contributed by atoms with Crippen LogP contribution in [0.2, 0.25) is 10.0 Å². The summed E-state index contributed by atoms with van der Waals surface area (Å²) in [5.41, 5.74) is 0.545. The average molecular weight is 457 g/mol. The van der Waals surface area contributed by atoms with Crippen LogP contribution in [0.1, 0.15) is 30.7 Å². The number of hydrogen-bond donors (Lipinski definition) is 0. The number of hydrogen-bond acceptors (Lipinski definition) is 6. The van der Waals surface area contributed by atoms with Gasteiger partial charge in [0.2, 0.25) is 11.0 Å². The van der Waals surface area contributed by atoms with Crippen LogP contribution in [0.4, 0.5) is 8.78 Å². The summed E-state index contributed by atoms with van der Waals surface area (Å²) < 4.78 is 38.3. The largest absolute Gasteiger partial charge is 0.484 e. The molecule has 0 atom stereocenters. The molecule has 3 heterocycles. The molecule has 0 radical (unpaired) electrons. The highest BCUT2D eigenvalue weighted by Gasteiger charge is 2.25. The first-order valence-corrected chi connectivity index (χ1v) is 9.84. The molecule has 6 nitrogen and oxygen atoms in total. The van der Waals surface area contributed by atoms with Crippen molar-refractivity contribution in [2.24, 2.45) is 5.10 Å². The van der Waals surface area contributed by atoms with Gasteiger partial charge in [0.1, 0.15) is 28.9 Å². The molecule has 29 heavy (non-hydrogen) atoms. The van der Waals surface area contributed by atoms with Gasteiger partial charge in [0.05, 0.1) is 10.7 Å². The molecule has 11 heteroatoms. The Morgan fingerprint density at radius 3 is 2.86 bits per heavy atom. The molecule has 1 aliphatic rings. The van der Waals surface area contributed by atoms with Crippen molar-refractivity contribution in [3.8, 4) is 5.75 Å². The van der Waals surface area contributed by atoms with E-state index in [1.54, 1.807) is 43.3 Å². The second-order valence-corrected chi connectivity index (χ2v) is 7.69. The zero-order valence-corrected chi connectivity index (χ0v) is 17.1. The predicted octanol–water partition coefficient (Wildman–Crippen LogP) is 6.07. The summed E-state index contributed by atoms with van der Waals surface area (Å²) in [6.07, 6.45) is -1.00. The van der Waals surface area contributed by atoms with E-state index in [9.17, 15) is 8.78 Å². The lowest BCUT2D eigenvalue weighted by Crippen LogP contribution is -2.09. The highest BCUT2D eigenvalue weighted by atomic mass is 35.5. The SMILES string of the molecule is CC1=Nn2c(nnc2C(F)F)S/C1=C\c1ccc(COc2cccc(Cl)c2Cl)o1. The molecule has 2 aromatic heterocycles. The summed E-state index contributed by atoms with van der Waals surface area (Å²) in [6.45, 7) is 1.88. The van der Waals surface area contributed by atoms with Gasteiger partial charge in [-0.2, -0.15) is 9.78 Å². The summed E-state index contributed by atoms with van der Waals surface area (Å²) >= 11 is 13.3. The molecule has 0 aliphatic carbocycles. The minimum atomic E-state index is -2.75. The smallest absolute Gasteiger partial charge is 0.299 e. The van der Waals surface area contributed by atoms with Crippen LogP contribution in [0.25, 0.3) is 6.08 Å². The van der Waals surface area contributed by atoms with Gasteiger partial charge in [0, 0.05) is 4.91 Å². The highest BCUT2D eigenvalue weighted by molar-refractivity contribution is 8.04. The molecule has 0 saturated carbocycles. The second-order valence-electron chi connectivity index (χ2n) is 5.89. The van der Waals surface area contributed by atoms with Crippen molar-refractivity contribution < 1.29 is 17.9 Å². The van der Waals surface area contributed by atoms with Gasteiger partial charge >= 0.3 is 0 Å². The monoisotopic (exact) mass is 456 g/mol. The molecule has 1 aliphatic heterocycles. The molecule has 3 aromatic rings. The number of halogens is 4. The normalized spacial score (nSPS) is 15.0. The third-order valence-corrected chi connectivity index (χ3v) is 5.75. The molecular weight excluding hydrogens is 445 g/mol. The van der Waals surface area contributed by atoms with Crippen molar-refractivity contribution in [3.05, 3.63) is 62.6 Å². The first-order chi connectivity index (χ1) is 13.9. The number of thioether (sulfide) groups is 1. The lowest BCUT2D eigenvalue weighted by atomic mass is 10.3. The number of nitrogens with zero attached hydrogens (tertiary/aromatic N) is 4. The number of allylic oxidation sites excluding steroid dienone is 1. The number of aromatic nitrogens is 3. The van der Waals surface area contributed by atoms with Gasteiger partial charge in [0.15, 0.2) is 0 Å². The minimum absolute atomic E-state index is 0.162. The Bertz CT molecular complexity index is 1130. The van der Waals surface area contributed by atoms with Crippen molar-refractivity contribution in [2.45, 2.75) is 25.1 Å². The zero-order valence-electron chi connectivity index (χ0n) is 14.8. The van der Waals surface area contributed by atoms with Crippen LogP contribution in [0, 0.1) is 0 Å². The number of benzene rings is 1. The first-order valence-electron chi connectivity index (χ1n) is 8.27. The Morgan fingerprint density at radius 1 is 1.24 bits per heavy atom. The molecule has 0 bridgehead atoms. The standard InChI is InChI=1S/C18H12Cl2F2N4O2S/c1-9-14(29-18-24-23-17(16(21)22)26(18)25-9)7-10-5-6-11(28-10)8-27-13-4-2-3-12(19)15(13)20/h2-7,16H,8H2,1H3/b14-7-. The van der Waals surface area contributed by atoms with Crippen molar-refractivity contribution >= 4 is 46.8 Å². The van der Waals surface area contributed by atoms with Gasteiger partial charge in [-0.3, -0.25) is 0 Å². The van der Waals surface area contributed by atoms with E-state index in [1.807, 2.05) is 0 Å². The third kappa shape index (κ3) is 4.17. The molecule has 0 saturated heterocycles. The maximum atomic E-state index is 12.9. The van der Waals surface area contributed by atoms with E-state index in [4.69, 9.17) is 32.4 Å². The first kappa shape index (κ1) is 19.9. The van der Waals surface area contributed by atoms with Crippen molar-refractivity contribution in [3.63, 3.8) is 0 Å². The van der Waals surface area contributed by atoms with E-state index in [1.165, 1.54) is 11.8 Å². The summed E-state index contributed by atoms with van der Waals surface area (Å²) in [7, 11) is 0. The summed E-state index contributed by atoms with van der Waals surface area (Å²) in [4.78, 5) is 0.713. The van der Waals surface area contributed by atoms with E-state index in [0.717, 1.165) is 4.68 Å². The number of alkyl halides is 2. The fourth-order valence-electron chi connectivity index (χ4n) is 2.50. The number of ether oxygens (including phenoxy) is 1. The Kier molecular flexibility index (Phi) is 5.62. The minimum Gasteiger partial charge on any atom is -0.484 e. The van der Waals surface area contributed by atoms with E-state index >= 15 is 0 Å². The Labute approximate surface area is 178 Å². The fourth-order valence-corrected chi connectivity index (χ4v) is 3.71. The maximum absolute atomic E-state index is 12.9. The van der Waals surface area contributed by atoms with Crippen LogP contribution in [0.15, 0.2) is 49.9 Å². The van der Waals surface area contributed by atoms with E-state index < -0.39 is 12.2 Å². The highest BCUT2D eigenvalue weighted by Crippen LogP contribution is 2.35. The molecular formula is C18H12Cl2F2N4O2S. The van der Waals surface area contributed by atoms with Crippen LogP contribution in [-0.2, 0) is 6.61 Å². The zero-order chi connectivity index (χ0) is 20.5. The summed E-state index contributed by atoms with van der Waals surface area (Å²) in [5.74, 6) is 1.10. The van der Waals surface area contributed by atoms with Gasteiger partial charge in [0.25, 0.3) is 6.43 Å². The topological polar surface area (TPSA) is 65.4 Å². The van der Waals surface area contributed by atoms with Gasteiger partial charge in [-0.1, -0.05) is 29.3 Å². The molecule has 0 N–H and O–H groups in total. The maximum Gasteiger partial charge on any atom is 0.299 e. The summed E-state index contributed by atoms with van der Waals surface area (Å²) in [5, 5.41) is 12.4. The summed E-state index contributed by atoms with van der Waals surface area (Å²) in [6, 6.07) is 8.65. The number of fused-ring (bicyclic) bond motifs is 1. The quantitative estimate of drug-likeness (QED) is 0.466. The molecule has 1 aromatic carbocycles. The van der Waals surface area contributed by atoms with Crippen LogP contribution in [0.3, 0.4) is 0 Å². The number of furan rings is 1. The van der Waals surface area contributed by atoms with Gasteiger partial charge in [-0.15, -0.1) is 10.2 Å². The molecule has 0 fully saturated rings. The van der Waals surface area contributed by atoms with Crippen LogP contribution >= 0.6 is 35.0 Å². The van der Waals surface area contributed by atoms with Crippen molar-refractivity contribution in [2.75, 3.05) is 0 Å². The molecule has 4 rings (SSSR count). The lowest BCUT2D eigenvalue weighted by molar-refractivity contribution is 0.135. The van der Waals surface area contributed by atoms with Crippen LogP contribution in [0.5, 0.6) is 5.75 Å². The predicted molar refractivity (Wildman–Crippen MR) is 107 cm³/mol. The molecule has 150 valence electrons. The van der Waals surface area contributed by atoms with E-state index in [0.29, 0.717) is 37.9 Å². The van der Waals surface area contributed by atoms with E-state index in [2.05, 4.69) is 15.3 Å².